The second kappa shape index (κ2) is 9.08. The molecule has 0 amide bonds. The van der Waals surface area contributed by atoms with Crippen molar-refractivity contribution in [2.45, 2.75) is 50.4 Å². The summed E-state index contributed by atoms with van der Waals surface area (Å²) in [4.78, 5) is 14.0. The summed E-state index contributed by atoms with van der Waals surface area (Å²) in [5.74, 6) is -0.555. The van der Waals surface area contributed by atoms with E-state index in [0.717, 1.165) is 22.3 Å². The molecule has 2 aromatic carbocycles. The molecule has 3 aliphatic rings. The Kier molecular flexibility index (Phi) is 6.68. The van der Waals surface area contributed by atoms with Crippen molar-refractivity contribution in [2.75, 3.05) is 33.7 Å². The van der Waals surface area contributed by atoms with E-state index in [1.54, 1.807) is 7.11 Å². The minimum Gasteiger partial charge on any atom is -0.416 e. The second-order valence-corrected chi connectivity index (χ2v) is 15.3. The van der Waals surface area contributed by atoms with E-state index in [1.165, 1.54) is 0 Å². The average molecular weight is 469 g/mol. The van der Waals surface area contributed by atoms with Gasteiger partial charge in [0.25, 0.3) is 0 Å². The summed E-state index contributed by atoms with van der Waals surface area (Å²) in [5.41, 5.74) is 3.22. The molecule has 0 spiro atoms. The summed E-state index contributed by atoms with van der Waals surface area (Å²) in [6.45, 7) is 12.4. The minimum atomic E-state index is -2.07. The van der Waals surface area contributed by atoms with Gasteiger partial charge < -0.3 is 18.6 Å². The number of Topliss-reactive ketones (excluding diaryl/α,β-unsaturated/α-hetero) is 1. The molecule has 0 aliphatic heterocycles. The first kappa shape index (κ1) is 24.3. The highest BCUT2D eigenvalue weighted by molar-refractivity contribution is 6.74. The van der Waals surface area contributed by atoms with E-state index in [0.29, 0.717) is 19.8 Å². The molecule has 5 rings (SSSR count). The maximum absolute atomic E-state index is 14.0. The fourth-order valence-electron chi connectivity index (χ4n) is 4.87. The third-order valence-corrected chi connectivity index (χ3v) is 12.2. The van der Waals surface area contributed by atoms with Gasteiger partial charge in [-0.1, -0.05) is 69.3 Å². The molecule has 178 valence electrons. The molecule has 0 radical (unpaired) electrons. The van der Waals surface area contributed by atoms with Crippen molar-refractivity contribution in [1.82, 2.24) is 0 Å². The molecule has 0 N–H and O–H groups in total. The molecule has 5 nitrogen and oxygen atoms in total. The van der Waals surface area contributed by atoms with Crippen LogP contribution in [0.5, 0.6) is 0 Å². The quantitative estimate of drug-likeness (QED) is 0.286. The van der Waals surface area contributed by atoms with Crippen LogP contribution < -0.4 is 0 Å². The van der Waals surface area contributed by atoms with Gasteiger partial charge in [0, 0.05) is 13.7 Å². The third-order valence-electron chi connectivity index (χ3n) is 7.68. The summed E-state index contributed by atoms with van der Waals surface area (Å²) < 4.78 is 24.1. The molecule has 1 atom stereocenters. The Morgan fingerprint density at radius 2 is 1.52 bits per heavy atom. The normalized spacial score (nSPS) is 24.0. The summed E-state index contributed by atoms with van der Waals surface area (Å²) >= 11 is 0. The van der Waals surface area contributed by atoms with E-state index < -0.39 is 19.8 Å². The SMILES string of the molecule is COCCOCOC12c3ccccc3C(C(=O)[C@@H]1CO[Si](C)(C)C(C)(C)C)c1ccccc12. The Balaban J connectivity index is 1.79. The van der Waals surface area contributed by atoms with Crippen LogP contribution in [0.25, 0.3) is 0 Å². The van der Waals surface area contributed by atoms with Crippen molar-refractivity contribution in [3.63, 3.8) is 0 Å². The highest BCUT2D eigenvalue weighted by Gasteiger charge is 2.60. The number of rotatable bonds is 9. The number of carbonyl (C=O) groups is 1. The second-order valence-electron chi connectivity index (χ2n) is 10.5. The van der Waals surface area contributed by atoms with E-state index in [2.05, 4.69) is 58.1 Å². The van der Waals surface area contributed by atoms with E-state index >= 15 is 0 Å². The number of hydrogen-bond acceptors (Lipinski definition) is 5. The van der Waals surface area contributed by atoms with Crippen molar-refractivity contribution < 1.29 is 23.4 Å². The number of ketones is 1. The topological polar surface area (TPSA) is 54.0 Å². The Morgan fingerprint density at radius 1 is 0.939 bits per heavy atom. The van der Waals surface area contributed by atoms with Gasteiger partial charge >= 0.3 is 0 Å². The molecule has 0 heterocycles. The number of ether oxygens (including phenoxy) is 3. The Bertz CT molecular complexity index is 962. The predicted octanol–water partition coefficient (Wildman–Crippen LogP) is 5.23. The number of benzene rings is 2. The standard InChI is InChI=1S/C27H36O5Si/c1-26(2,3)33(5,6)32-17-23-25(28)24-19-11-7-9-13-21(19)27(23,31-18-30-16-15-29-4)22-14-10-8-12-20(22)24/h7-14,23-24H,15-18H2,1-6H3/t23-,24?,27?/m0/s1. The van der Waals surface area contributed by atoms with Gasteiger partial charge in [0.1, 0.15) is 12.4 Å². The fraction of sp³-hybridized carbons (Fsp3) is 0.519. The largest absolute Gasteiger partial charge is 0.416 e. The van der Waals surface area contributed by atoms with Crippen LogP contribution in [0.4, 0.5) is 0 Å². The van der Waals surface area contributed by atoms with E-state index in [-0.39, 0.29) is 23.5 Å². The van der Waals surface area contributed by atoms with Gasteiger partial charge in [-0.05, 0) is 40.4 Å². The van der Waals surface area contributed by atoms with E-state index in [1.807, 2.05) is 24.3 Å². The van der Waals surface area contributed by atoms with E-state index in [4.69, 9.17) is 18.6 Å². The Hall–Kier alpha value is -1.83. The first-order chi connectivity index (χ1) is 15.6. The van der Waals surface area contributed by atoms with Crippen LogP contribution in [0.2, 0.25) is 18.1 Å². The highest BCUT2D eigenvalue weighted by Crippen LogP contribution is 2.58. The van der Waals surface area contributed by atoms with Crippen LogP contribution in [-0.4, -0.2) is 47.8 Å². The Labute approximate surface area is 198 Å². The molecular formula is C27H36O5Si. The molecule has 0 saturated heterocycles. The molecule has 6 heteroatoms. The number of carbonyl (C=O) groups excluding carboxylic acids is 1. The van der Waals surface area contributed by atoms with Gasteiger partial charge in [0.2, 0.25) is 0 Å². The van der Waals surface area contributed by atoms with Gasteiger partial charge in [0.15, 0.2) is 14.1 Å². The average Bonchev–Trinajstić information content (AvgIpc) is 2.78. The fourth-order valence-corrected chi connectivity index (χ4v) is 5.89. The zero-order valence-electron chi connectivity index (χ0n) is 20.6. The molecule has 33 heavy (non-hydrogen) atoms. The molecule has 0 saturated carbocycles. The molecule has 2 bridgehead atoms. The van der Waals surface area contributed by atoms with Gasteiger partial charge in [0.05, 0.1) is 25.0 Å². The highest BCUT2D eigenvalue weighted by atomic mass is 28.4. The first-order valence-electron chi connectivity index (χ1n) is 11.7. The van der Waals surface area contributed by atoms with Gasteiger partial charge in [-0.3, -0.25) is 4.79 Å². The molecule has 0 fully saturated rings. The summed E-state index contributed by atoms with van der Waals surface area (Å²) in [5, 5.41) is 0.0524. The van der Waals surface area contributed by atoms with Crippen molar-refractivity contribution in [1.29, 1.82) is 0 Å². The minimum absolute atomic E-state index is 0.0524. The van der Waals surface area contributed by atoms with E-state index in [9.17, 15) is 4.79 Å². The number of hydrogen-bond donors (Lipinski definition) is 0. The summed E-state index contributed by atoms with van der Waals surface area (Å²) in [6, 6.07) is 16.4. The molecule has 2 aromatic rings. The zero-order chi connectivity index (χ0) is 23.9. The van der Waals surface area contributed by atoms with Crippen LogP contribution in [-0.2, 0) is 29.0 Å². The lowest BCUT2D eigenvalue weighted by atomic mass is 9.56. The van der Waals surface area contributed by atoms with Crippen LogP contribution in [0, 0.1) is 5.92 Å². The smallest absolute Gasteiger partial charge is 0.192 e. The number of fused-ring (bicyclic) bond motifs is 1. The molecule has 0 unspecified atom stereocenters. The van der Waals surface area contributed by atoms with Crippen LogP contribution in [0.15, 0.2) is 48.5 Å². The van der Waals surface area contributed by atoms with Gasteiger partial charge in [-0.15, -0.1) is 0 Å². The first-order valence-corrected chi connectivity index (χ1v) is 14.6. The van der Waals surface area contributed by atoms with Crippen LogP contribution in [0.3, 0.4) is 0 Å². The maximum atomic E-state index is 14.0. The number of methoxy groups -OCH3 is 1. The van der Waals surface area contributed by atoms with Crippen molar-refractivity contribution in [3.8, 4) is 0 Å². The maximum Gasteiger partial charge on any atom is 0.192 e. The predicted molar refractivity (Wildman–Crippen MR) is 131 cm³/mol. The monoisotopic (exact) mass is 468 g/mol. The molecular weight excluding hydrogens is 432 g/mol. The lowest BCUT2D eigenvalue weighted by Gasteiger charge is -2.53. The Morgan fingerprint density at radius 3 is 2.06 bits per heavy atom. The van der Waals surface area contributed by atoms with Crippen molar-refractivity contribution in [2.24, 2.45) is 5.92 Å². The van der Waals surface area contributed by atoms with Crippen molar-refractivity contribution in [3.05, 3.63) is 70.8 Å². The lowest BCUT2D eigenvalue weighted by Crippen LogP contribution is -2.57. The van der Waals surface area contributed by atoms with Crippen LogP contribution >= 0.6 is 0 Å². The van der Waals surface area contributed by atoms with Crippen molar-refractivity contribution >= 4 is 14.1 Å². The van der Waals surface area contributed by atoms with Gasteiger partial charge in [-0.2, -0.15) is 0 Å². The van der Waals surface area contributed by atoms with Crippen LogP contribution in [0.1, 0.15) is 48.9 Å². The third kappa shape index (κ3) is 4.02. The van der Waals surface area contributed by atoms with Gasteiger partial charge in [-0.25, -0.2) is 0 Å². The molecule has 0 aromatic heterocycles. The molecule has 3 aliphatic carbocycles. The zero-order valence-corrected chi connectivity index (χ0v) is 21.6. The summed E-state index contributed by atoms with van der Waals surface area (Å²) in [6.07, 6.45) is 0. The summed E-state index contributed by atoms with van der Waals surface area (Å²) in [7, 11) is -0.423. The lowest BCUT2D eigenvalue weighted by molar-refractivity contribution is -0.175.